The fraction of sp³-hybridized carbons (Fsp3) is 0.429. The molecule has 0 aliphatic carbocycles. The van der Waals surface area contributed by atoms with Crippen molar-refractivity contribution in [1.29, 1.82) is 0 Å². The van der Waals surface area contributed by atoms with Crippen molar-refractivity contribution in [2.24, 2.45) is 7.05 Å². The Morgan fingerprint density at radius 1 is 1.73 bits per heavy atom. The van der Waals surface area contributed by atoms with Gasteiger partial charge in [0.15, 0.2) is 0 Å². The Hall–Kier alpha value is -1.16. The van der Waals surface area contributed by atoms with Gasteiger partial charge in [0.05, 0.1) is 6.33 Å². The molecule has 0 bridgehead atoms. The SMILES string of the molecule is CNCc1cncn(C)c1=O. The van der Waals surface area contributed by atoms with Crippen molar-refractivity contribution >= 4 is 0 Å². The zero-order valence-electron chi connectivity index (χ0n) is 6.66. The van der Waals surface area contributed by atoms with Crippen LogP contribution in [-0.4, -0.2) is 16.6 Å². The zero-order chi connectivity index (χ0) is 8.27. The summed E-state index contributed by atoms with van der Waals surface area (Å²) in [4.78, 5) is 15.1. The number of nitrogens with zero attached hydrogens (tertiary/aromatic N) is 2. The van der Waals surface area contributed by atoms with Crippen molar-refractivity contribution in [1.82, 2.24) is 14.9 Å². The largest absolute Gasteiger partial charge is 0.315 e. The summed E-state index contributed by atoms with van der Waals surface area (Å²) in [6.07, 6.45) is 3.08. The van der Waals surface area contributed by atoms with Crippen molar-refractivity contribution in [2.45, 2.75) is 6.54 Å². The van der Waals surface area contributed by atoms with Gasteiger partial charge < -0.3 is 9.88 Å². The van der Waals surface area contributed by atoms with E-state index in [2.05, 4.69) is 10.3 Å². The number of hydrogen-bond donors (Lipinski definition) is 1. The fourth-order valence-corrected chi connectivity index (χ4v) is 0.869. The van der Waals surface area contributed by atoms with Gasteiger partial charge in [0.2, 0.25) is 0 Å². The van der Waals surface area contributed by atoms with Crippen molar-refractivity contribution in [2.75, 3.05) is 7.05 Å². The van der Waals surface area contributed by atoms with E-state index in [1.54, 1.807) is 20.3 Å². The Morgan fingerprint density at radius 2 is 2.45 bits per heavy atom. The first-order chi connectivity index (χ1) is 5.25. The summed E-state index contributed by atoms with van der Waals surface area (Å²) in [5, 5.41) is 2.90. The summed E-state index contributed by atoms with van der Waals surface area (Å²) in [7, 11) is 3.49. The van der Waals surface area contributed by atoms with Gasteiger partial charge in [-0.3, -0.25) is 4.79 Å². The number of nitrogens with one attached hydrogen (secondary N) is 1. The lowest BCUT2D eigenvalue weighted by atomic mass is 10.3. The van der Waals surface area contributed by atoms with Gasteiger partial charge in [0.25, 0.3) is 5.56 Å². The molecule has 0 amide bonds. The second kappa shape index (κ2) is 3.30. The predicted molar refractivity (Wildman–Crippen MR) is 42.2 cm³/mol. The highest BCUT2D eigenvalue weighted by molar-refractivity contribution is 5.03. The molecule has 0 spiro atoms. The smallest absolute Gasteiger partial charge is 0.257 e. The molecule has 4 heteroatoms. The maximum absolute atomic E-state index is 11.2. The minimum absolute atomic E-state index is 0.00866. The van der Waals surface area contributed by atoms with E-state index in [-0.39, 0.29) is 5.56 Å². The van der Waals surface area contributed by atoms with Crippen LogP contribution in [0, 0.1) is 0 Å². The van der Waals surface area contributed by atoms with Gasteiger partial charge in [-0.25, -0.2) is 4.98 Å². The van der Waals surface area contributed by atoms with Crippen LogP contribution in [0.1, 0.15) is 5.56 Å². The van der Waals surface area contributed by atoms with Gasteiger partial charge in [-0.2, -0.15) is 0 Å². The van der Waals surface area contributed by atoms with Crippen LogP contribution >= 0.6 is 0 Å². The lowest BCUT2D eigenvalue weighted by Crippen LogP contribution is -2.24. The molecule has 0 saturated carbocycles. The molecule has 0 atom stereocenters. The van der Waals surface area contributed by atoms with Crippen molar-refractivity contribution in [3.8, 4) is 0 Å². The highest BCUT2D eigenvalue weighted by Crippen LogP contribution is 1.84. The lowest BCUT2D eigenvalue weighted by Gasteiger charge is -1.99. The normalized spacial score (nSPS) is 10.0. The minimum Gasteiger partial charge on any atom is -0.315 e. The molecule has 60 valence electrons. The fourth-order valence-electron chi connectivity index (χ4n) is 0.869. The number of aromatic nitrogens is 2. The molecule has 0 fully saturated rings. The van der Waals surface area contributed by atoms with Crippen molar-refractivity contribution in [3.63, 3.8) is 0 Å². The second-order valence-corrected chi connectivity index (χ2v) is 2.37. The highest BCUT2D eigenvalue weighted by Gasteiger charge is 1.97. The molecule has 1 heterocycles. The second-order valence-electron chi connectivity index (χ2n) is 2.37. The summed E-state index contributed by atoms with van der Waals surface area (Å²) < 4.78 is 1.46. The molecule has 0 unspecified atom stereocenters. The maximum Gasteiger partial charge on any atom is 0.257 e. The van der Waals surface area contributed by atoms with E-state index in [1.165, 1.54) is 10.9 Å². The third-order valence-corrected chi connectivity index (χ3v) is 1.43. The molecule has 0 radical (unpaired) electrons. The Labute approximate surface area is 64.9 Å². The lowest BCUT2D eigenvalue weighted by molar-refractivity contribution is 0.747. The van der Waals surface area contributed by atoms with Gasteiger partial charge >= 0.3 is 0 Å². The van der Waals surface area contributed by atoms with Crippen LogP contribution in [0.2, 0.25) is 0 Å². The Bertz CT molecular complexity index is 292. The average molecular weight is 153 g/mol. The Balaban J connectivity index is 3.07. The Morgan fingerprint density at radius 3 is 3.09 bits per heavy atom. The maximum atomic E-state index is 11.2. The first-order valence-corrected chi connectivity index (χ1v) is 3.40. The standard InChI is InChI=1S/C7H11N3O/c1-8-3-6-4-9-5-10(2)7(6)11/h4-5,8H,3H2,1-2H3. The first kappa shape index (κ1) is 7.94. The van der Waals surface area contributed by atoms with Crippen LogP contribution in [0.4, 0.5) is 0 Å². The number of rotatable bonds is 2. The molecule has 1 rings (SSSR count). The van der Waals surface area contributed by atoms with Gasteiger partial charge in [0.1, 0.15) is 0 Å². The molecule has 0 saturated heterocycles. The Kier molecular flexibility index (Phi) is 2.38. The van der Waals surface area contributed by atoms with Gasteiger partial charge in [-0.15, -0.1) is 0 Å². The van der Waals surface area contributed by atoms with E-state index >= 15 is 0 Å². The van der Waals surface area contributed by atoms with Crippen LogP contribution in [0.5, 0.6) is 0 Å². The molecule has 1 N–H and O–H groups in total. The quantitative estimate of drug-likeness (QED) is 0.623. The first-order valence-electron chi connectivity index (χ1n) is 3.40. The monoisotopic (exact) mass is 153 g/mol. The molecule has 0 aliphatic rings. The van der Waals surface area contributed by atoms with Crippen molar-refractivity contribution in [3.05, 3.63) is 28.4 Å². The van der Waals surface area contributed by atoms with E-state index in [9.17, 15) is 4.79 Å². The van der Waals surface area contributed by atoms with E-state index < -0.39 is 0 Å². The molecule has 1 aromatic rings. The molecular weight excluding hydrogens is 142 g/mol. The van der Waals surface area contributed by atoms with Crippen LogP contribution in [0.15, 0.2) is 17.3 Å². The molecule has 1 aromatic heterocycles. The van der Waals surface area contributed by atoms with E-state index in [0.717, 1.165) is 0 Å². The van der Waals surface area contributed by atoms with Crippen LogP contribution in [0.25, 0.3) is 0 Å². The number of aryl methyl sites for hydroxylation is 1. The van der Waals surface area contributed by atoms with E-state index in [1.807, 2.05) is 0 Å². The highest BCUT2D eigenvalue weighted by atomic mass is 16.1. The predicted octanol–water partition coefficient (Wildman–Crippen LogP) is -0.500. The molecule has 0 aromatic carbocycles. The summed E-state index contributed by atoms with van der Waals surface area (Å²) in [5.74, 6) is 0. The summed E-state index contributed by atoms with van der Waals surface area (Å²) in [6.45, 7) is 0.570. The molecule has 11 heavy (non-hydrogen) atoms. The third kappa shape index (κ3) is 1.65. The van der Waals surface area contributed by atoms with Crippen LogP contribution < -0.4 is 10.9 Å². The van der Waals surface area contributed by atoms with E-state index in [4.69, 9.17) is 0 Å². The molecular formula is C7H11N3O. The van der Waals surface area contributed by atoms with Gasteiger partial charge in [-0.1, -0.05) is 0 Å². The third-order valence-electron chi connectivity index (χ3n) is 1.43. The average Bonchev–Trinajstić information content (AvgIpc) is 1.99. The minimum atomic E-state index is 0.00866. The van der Waals surface area contributed by atoms with E-state index in [0.29, 0.717) is 12.1 Å². The van der Waals surface area contributed by atoms with Crippen LogP contribution in [-0.2, 0) is 13.6 Å². The molecule has 0 aliphatic heterocycles. The number of hydrogen-bond acceptors (Lipinski definition) is 3. The summed E-state index contributed by atoms with van der Waals surface area (Å²) in [5.41, 5.74) is 0.701. The van der Waals surface area contributed by atoms with Gasteiger partial charge in [0, 0.05) is 25.4 Å². The van der Waals surface area contributed by atoms with Crippen molar-refractivity contribution < 1.29 is 0 Å². The summed E-state index contributed by atoms with van der Waals surface area (Å²) in [6, 6.07) is 0. The zero-order valence-corrected chi connectivity index (χ0v) is 6.66. The van der Waals surface area contributed by atoms with Gasteiger partial charge in [-0.05, 0) is 7.05 Å². The summed E-state index contributed by atoms with van der Waals surface area (Å²) >= 11 is 0. The molecule has 4 nitrogen and oxygen atoms in total. The topological polar surface area (TPSA) is 46.9 Å². The van der Waals surface area contributed by atoms with Crippen LogP contribution in [0.3, 0.4) is 0 Å².